The van der Waals surface area contributed by atoms with E-state index in [0.717, 1.165) is 10.6 Å². The van der Waals surface area contributed by atoms with Gasteiger partial charge in [0.15, 0.2) is 10.9 Å². The molecule has 3 rings (SSSR count). The van der Waals surface area contributed by atoms with Gasteiger partial charge in [-0.25, -0.2) is 4.98 Å². The van der Waals surface area contributed by atoms with Crippen LogP contribution < -0.4 is 10.6 Å². The molecule has 26 heavy (non-hydrogen) atoms. The number of furan rings is 1. The first-order chi connectivity index (χ1) is 12.4. The quantitative estimate of drug-likeness (QED) is 0.663. The van der Waals surface area contributed by atoms with Gasteiger partial charge in [0.25, 0.3) is 5.91 Å². The smallest absolute Gasteiger partial charge is 0.287 e. The van der Waals surface area contributed by atoms with Crippen LogP contribution in [0.4, 0.5) is 5.13 Å². The van der Waals surface area contributed by atoms with Crippen molar-refractivity contribution in [3.8, 4) is 10.6 Å². The summed E-state index contributed by atoms with van der Waals surface area (Å²) in [6.07, 6.45) is 1.42. The van der Waals surface area contributed by atoms with Crippen molar-refractivity contribution in [2.75, 3.05) is 5.32 Å². The van der Waals surface area contributed by atoms with Gasteiger partial charge in [0.05, 0.1) is 16.8 Å². The number of carbonyl (C=O) groups excluding carboxylic acids is 2. The Morgan fingerprint density at radius 1 is 1.23 bits per heavy atom. The highest BCUT2D eigenvalue weighted by Gasteiger charge is 2.26. The summed E-state index contributed by atoms with van der Waals surface area (Å²) in [6, 6.07) is 6.55. The molecule has 136 valence electrons. The van der Waals surface area contributed by atoms with Gasteiger partial charge < -0.3 is 15.1 Å². The number of thiazole rings is 1. The summed E-state index contributed by atoms with van der Waals surface area (Å²) in [5, 5.41) is 7.93. The Hall–Kier alpha value is -2.45. The Morgan fingerprint density at radius 3 is 2.65 bits per heavy atom. The molecule has 0 radical (unpaired) electrons. The highest BCUT2D eigenvalue weighted by Crippen LogP contribution is 2.30. The van der Waals surface area contributed by atoms with E-state index in [-0.39, 0.29) is 17.6 Å². The lowest BCUT2D eigenvalue weighted by Gasteiger charge is -2.20. The highest BCUT2D eigenvalue weighted by atomic mass is 32.1. The lowest BCUT2D eigenvalue weighted by atomic mass is 10.0. The second kappa shape index (κ2) is 7.84. The van der Waals surface area contributed by atoms with Crippen molar-refractivity contribution >= 4 is 39.6 Å². The molecular formula is C18H19N3O3S2. The Kier molecular flexibility index (Phi) is 5.53. The molecule has 1 atom stereocenters. The molecule has 0 spiro atoms. The van der Waals surface area contributed by atoms with E-state index in [1.54, 1.807) is 23.5 Å². The van der Waals surface area contributed by atoms with Crippen LogP contribution in [0.15, 0.2) is 40.3 Å². The number of anilines is 1. The number of thiophene rings is 1. The largest absolute Gasteiger partial charge is 0.459 e. The number of nitrogens with zero attached hydrogens (tertiary/aromatic N) is 1. The lowest BCUT2D eigenvalue weighted by molar-refractivity contribution is -0.118. The normalized spacial score (nSPS) is 12.2. The van der Waals surface area contributed by atoms with Crippen molar-refractivity contribution in [3.05, 3.63) is 46.5 Å². The molecule has 0 saturated heterocycles. The summed E-state index contributed by atoms with van der Waals surface area (Å²) < 4.78 is 5.08. The van der Waals surface area contributed by atoms with Crippen molar-refractivity contribution < 1.29 is 14.0 Å². The topological polar surface area (TPSA) is 84.2 Å². The Morgan fingerprint density at radius 2 is 2.04 bits per heavy atom. The number of aryl methyl sites for hydroxylation is 1. The van der Waals surface area contributed by atoms with E-state index in [1.165, 1.54) is 22.5 Å². The number of amides is 2. The molecule has 2 amide bonds. The van der Waals surface area contributed by atoms with Crippen molar-refractivity contribution in [1.82, 2.24) is 10.3 Å². The molecule has 0 fully saturated rings. The van der Waals surface area contributed by atoms with Crippen molar-refractivity contribution in [2.45, 2.75) is 26.8 Å². The second-order valence-electron chi connectivity index (χ2n) is 6.11. The number of nitrogens with one attached hydrogen (secondary N) is 2. The maximum Gasteiger partial charge on any atom is 0.287 e. The molecular weight excluding hydrogens is 370 g/mol. The number of carbonyl (C=O) groups is 2. The van der Waals surface area contributed by atoms with Crippen LogP contribution in [0.5, 0.6) is 0 Å². The van der Waals surface area contributed by atoms with E-state index in [4.69, 9.17) is 4.42 Å². The predicted octanol–water partition coefficient (Wildman–Crippen LogP) is 4.17. The zero-order valence-electron chi connectivity index (χ0n) is 14.6. The minimum absolute atomic E-state index is 0.0895. The van der Waals surface area contributed by atoms with Crippen LogP contribution in [0.3, 0.4) is 0 Å². The van der Waals surface area contributed by atoms with Gasteiger partial charge in [0, 0.05) is 10.3 Å². The summed E-state index contributed by atoms with van der Waals surface area (Å²) in [5.41, 5.74) is 0.837. The SMILES string of the molecule is Cc1ccc(-c2csc(NC(=O)C(NC(=O)c3ccco3)C(C)C)n2)s1. The van der Waals surface area contributed by atoms with Gasteiger partial charge in [-0.2, -0.15) is 0 Å². The molecule has 3 heterocycles. The Labute approximate surface area is 159 Å². The fourth-order valence-electron chi connectivity index (χ4n) is 2.35. The van der Waals surface area contributed by atoms with E-state index in [0.29, 0.717) is 5.13 Å². The number of hydrogen-bond acceptors (Lipinski definition) is 6. The fraction of sp³-hybridized carbons (Fsp3) is 0.278. The molecule has 8 heteroatoms. The summed E-state index contributed by atoms with van der Waals surface area (Å²) in [5.74, 6) is -0.637. The maximum absolute atomic E-state index is 12.6. The van der Waals surface area contributed by atoms with Gasteiger partial charge in [0.2, 0.25) is 5.91 Å². The standard InChI is InChI=1S/C18H19N3O3S2/c1-10(2)15(20-16(22)13-5-4-8-24-13)17(23)21-18-19-12(9-25-18)14-7-6-11(3)26-14/h4-10,15H,1-3H3,(H,20,22)(H,19,21,23). The molecule has 0 saturated carbocycles. The van der Waals surface area contributed by atoms with Gasteiger partial charge >= 0.3 is 0 Å². The van der Waals surface area contributed by atoms with E-state index in [9.17, 15) is 9.59 Å². The summed E-state index contributed by atoms with van der Waals surface area (Å²) in [4.78, 5) is 31.5. The van der Waals surface area contributed by atoms with Gasteiger partial charge in [-0.05, 0) is 37.1 Å². The zero-order valence-corrected chi connectivity index (χ0v) is 16.2. The average molecular weight is 390 g/mol. The monoisotopic (exact) mass is 389 g/mol. The van der Waals surface area contributed by atoms with Crippen LogP contribution in [0, 0.1) is 12.8 Å². The summed E-state index contributed by atoms with van der Waals surface area (Å²) in [7, 11) is 0. The third-order valence-electron chi connectivity index (χ3n) is 3.71. The molecule has 6 nitrogen and oxygen atoms in total. The van der Waals surface area contributed by atoms with Crippen LogP contribution in [-0.4, -0.2) is 22.8 Å². The van der Waals surface area contributed by atoms with Gasteiger partial charge in [-0.1, -0.05) is 13.8 Å². The van der Waals surface area contributed by atoms with Crippen LogP contribution in [-0.2, 0) is 4.79 Å². The fourth-order valence-corrected chi connectivity index (χ4v) is 3.97. The number of aromatic nitrogens is 1. The molecule has 1 unspecified atom stereocenters. The van der Waals surface area contributed by atoms with E-state index < -0.39 is 11.9 Å². The molecule has 3 aromatic heterocycles. The average Bonchev–Trinajstić information content (AvgIpc) is 3.32. The van der Waals surface area contributed by atoms with E-state index in [2.05, 4.69) is 15.6 Å². The third kappa shape index (κ3) is 4.20. The maximum atomic E-state index is 12.6. The van der Waals surface area contributed by atoms with Crippen LogP contribution in [0.25, 0.3) is 10.6 Å². The minimum atomic E-state index is -0.691. The zero-order chi connectivity index (χ0) is 18.7. The van der Waals surface area contributed by atoms with Gasteiger partial charge in [0.1, 0.15) is 6.04 Å². The molecule has 0 aliphatic rings. The van der Waals surface area contributed by atoms with Gasteiger partial charge in [-0.15, -0.1) is 22.7 Å². The predicted molar refractivity (Wildman–Crippen MR) is 104 cm³/mol. The van der Waals surface area contributed by atoms with Crippen LogP contribution in [0.1, 0.15) is 29.3 Å². The molecule has 2 N–H and O–H groups in total. The molecule has 3 aromatic rings. The van der Waals surface area contributed by atoms with E-state index >= 15 is 0 Å². The summed E-state index contributed by atoms with van der Waals surface area (Å²) in [6.45, 7) is 5.78. The second-order valence-corrected chi connectivity index (χ2v) is 8.26. The van der Waals surface area contributed by atoms with Crippen molar-refractivity contribution in [1.29, 1.82) is 0 Å². The van der Waals surface area contributed by atoms with E-state index in [1.807, 2.05) is 38.3 Å². The minimum Gasteiger partial charge on any atom is -0.459 e. The first-order valence-electron chi connectivity index (χ1n) is 8.11. The third-order valence-corrected chi connectivity index (χ3v) is 5.49. The van der Waals surface area contributed by atoms with Crippen molar-refractivity contribution in [2.24, 2.45) is 5.92 Å². The molecule has 0 aromatic carbocycles. The summed E-state index contributed by atoms with van der Waals surface area (Å²) >= 11 is 3.02. The Bertz CT molecular complexity index is 897. The number of rotatable bonds is 6. The van der Waals surface area contributed by atoms with Crippen molar-refractivity contribution in [3.63, 3.8) is 0 Å². The Balaban J connectivity index is 1.68. The first-order valence-corrected chi connectivity index (χ1v) is 9.81. The number of hydrogen-bond donors (Lipinski definition) is 2. The van der Waals surface area contributed by atoms with Crippen LogP contribution in [0.2, 0.25) is 0 Å². The molecule has 0 aliphatic carbocycles. The van der Waals surface area contributed by atoms with Crippen LogP contribution >= 0.6 is 22.7 Å². The first kappa shape index (κ1) is 18.3. The van der Waals surface area contributed by atoms with Gasteiger partial charge in [-0.3, -0.25) is 9.59 Å². The molecule has 0 bridgehead atoms. The highest BCUT2D eigenvalue weighted by molar-refractivity contribution is 7.17. The lowest BCUT2D eigenvalue weighted by Crippen LogP contribution is -2.47. The molecule has 0 aliphatic heterocycles.